The minimum atomic E-state index is -0.344. The van der Waals surface area contributed by atoms with Crippen LogP contribution in [0, 0.1) is 5.82 Å². The summed E-state index contributed by atoms with van der Waals surface area (Å²) in [4.78, 5) is 15.5. The Morgan fingerprint density at radius 2 is 1.77 bits per heavy atom. The molecule has 1 aromatic heterocycles. The quantitative estimate of drug-likeness (QED) is 0.578. The minimum absolute atomic E-state index is 0.0306. The van der Waals surface area contributed by atoms with Gasteiger partial charge in [0.1, 0.15) is 5.82 Å². The van der Waals surface area contributed by atoms with Crippen molar-refractivity contribution in [2.24, 2.45) is 0 Å². The lowest BCUT2D eigenvalue weighted by atomic mass is 10.1. The van der Waals surface area contributed by atoms with Gasteiger partial charge in [0.2, 0.25) is 0 Å². The Hall–Kier alpha value is -2.12. The van der Waals surface area contributed by atoms with E-state index in [2.05, 4.69) is 14.9 Å². The monoisotopic (exact) mass is 462 g/mol. The normalized spacial score (nSPS) is 14.1. The van der Waals surface area contributed by atoms with Gasteiger partial charge >= 0.3 is 0 Å². The van der Waals surface area contributed by atoms with Gasteiger partial charge in [0.05, 0.1) is 18.7 Å². The molecular formula is C23H25Cl2FN4O. The molecule has 0 aliphatic carbocycles. The molecule has 2 heterocycles. The summed E-state index contributed by atoms with van der Waals surface area (Å²) in [5.41, 5.74) is 3.77. The van der Waals surface area contributed by atoms with Gasteiger partial charge in [-0.15, -0.1) is 0 Å². The summed E-state index contributed by atoms with van der Waals surface area (Å²) >= 11 is 12.0. The van der Waals surface area contributed by atoms with Gasteiger partial charge < -0.3 is 5.32 Å². The maximum Gasteiger partial charge on any atom is 0.271 e. The predicted molar refractivity (Wildman–Crippen MR) is 122 cm³/mol. The van der Waals surface area contributed by atoms with E-state index >= 15 is 0 Å². The Labute approximate surface area is 191 Å². The predicted octanol–water partition coefficient (Wildman–Crippen LogP) is 3.92. The zero-order valence-electron chi connectivity index (χ0n) is 17.4. The Kier molecular flexibility index (Phi) is 6.82. The van der Waals surface area contributed by atoms with Crippen LogP contribution in [0.25, 0.3) is 0 Å². The van der Waals surface area contributed by atoms with Crippen LogP contribution in [-0.2, 0) is 32.6 Å². The Morgan fingerprint density at radius 1 is 1.00 bits per heavy atom. The van der Waals surface area contributed by atoms with Crippen LogP contribution in [0.3, 0.4) is 0 Å². The molecule has 1 aliphatic heterocycles. The SMILES string of the molecule is CNCCn1c2c(c(=O)n1Cc1ccc(Cl)cc1)CN(Cc1cc(F)cc(Cl)c1)CC2. The van der Waals surface area contributed by atoms with Crippen LogP contribution in [0.5, 0.6) is 0 Å². The van der Waals surface area contributed by atoms with Crippen molar-refractivity contribution in [3.63, 3.8) is 0 Å². The van der Waals surface area contributed by atoms with Crippen molar-refractivity contribution in [3.05, 3.63) is 91.1 Å². The Morgan fingerprint density at radius 3 is 2.48 bits per heavy atom. The van der Waals surface area contributed by atoms with Crippen molar-refractivity contribution in [2.75, 3.05) is 20.1 Å². The number of aromatic nitrogens is 2. The molecule has 0 unspecified atom stereocenters. The van der Waals surface area contributed by atoms with E-state index in [0.29, 0.717) is 36.2 Å². The average Bonchev–Trinajstić information content (AvgIpc) is 2.98. The van der Waals surface area contributed by atoms with Crippen molar-refractivity contribution in [2.45, 2.75) is 32.6 Å². The number of nitrogens with one attached hydrogen (secondary N) is 1. The lowest BCUT2D eigenvalue weighted by molar-refractivity contribution is 0.241. The van der Waals surface area contributed by atoms with Crippen molar-refractivity contribution >= 4 is 23.2 Å². The van der Waals surface area contributed by atoms with Gasteiger partial charge in [0, 0.05) is 48.3 Å². The van der Waals surface area contributed by atoms with E-state index in [9.17, 15) is 9.18 Å². The second-order valence-corrected chi connectivity index (χ2v) is 8.75. The number of halogens is 3. The van der Waals surface area contributed by atoms with E-state index in [4.69, 9.17) is 23.2 Å². The van der Waals surface area contributed by atoms with Gasteiger partial charge in [-0.3, -0.25) is 14.4 Å². The Bertz CT molecular complexity index is 1100. The third kappa shape index (κ3) is 5.04. The molecule has 1 N–H and O–H groups in total. The highest BCUT2D eigenvalue weighted by atomic mass is 35.5. The van der Waals surface area contributed by atoms with E-state index in [1.54, 1.807) is 6.07 Å². The van der Waals surface area contributed by atoms with Gasteiger partial charge in [-0.2, -0.15) is 0 Å². The van der Waals surface area contributed by atoms with Crippen LogP contribution in [0.15, 0.2) is 47.3 Å². The standard InChI is InChI=1S/C23H25Cl2FN4O/c1-27-7-9-29-22-6-8-28(13-17-10-19(25)12-20(26)11-17)15-21(22)23(31)30(29)14-16-2-4-18(24)5-3-16/h2-5,10-12,27H,6-9,13-15H2,1H3. The number of likely N-dealkylation sites (N-methyl/N-ethyl adjacent to an activating group) is 1. The first-order valence-corrected chi connectivity index (χ1v) is 11.1. The summed E-state index contributed by atoms with van der Waals surface area (Å²) in [5.74, 6) is -0.344. The maximum atomic E-state index is 13.7. The third-order valence-electron chi connectivity index (χ3n) is 5.64. The van der Waals surface area contributed by atoms with Gasteiger partial charge in [-0.05, 0) is 48.5 Å². The smallest absolute Gasteiger partial charge is 0.271 e. The third-order valence-corrected chi connectivity index (χ3v) is 6.11. The summed E-state index contributed by atoms with van der Waals surface area (Å²) < 4.78 is 17.7. The van der Waals surface area contributed by atoms with E-state index in [0.717, 1.165) is 41.9 Å². The zero-order valence-corrected chi connectivity index (χ0v) is 18.9. The highest BCUT2D eigenvalue weighted by molar-refractivity contribution is 6.30. The van der Waals surface area contributed by atoms with Crippen molar-refractivity contribution in [1.82, 2.24) is 19.6 Å². The molecule has 0 spiro atoms. The molecule has 0 saturated heterocycles. The molecule has 2 aromatic carbocycles. The number of nitrogens with zero attached hydrogens (tertiary/aromatic N) is 3. The van der Waals surface area contributed by atoms with Gasteiger partial charge in [0.25, 0.3) is 5.56 Å². The topological polar surface area (TPSA) is 42.2 Å². The number of hydrogen-bond donors (Lipinski definition) is 1. The molecule has 0 saturated carbocycles. The van der Waals surface area contributed by atoms with Crippen molar-refractivity contribution < 1.29 is 4.39 Å². The molecule has 0 radical (unpaired) electrons. The van der Waals surface area contributed by atoms with Gasteiger partial charge in [0.15, 0.2) is 0 Å². The van der Waals surface area contributed by atoms with Crippen LogP contribution in [0.1, 0.15) is 22.4 Å². The molecule has 0 amide bonds. The highest BCUT2D eigenvalue weighted by Crippen LogP contribution is 2.22. The average molecular weight is 463 g/mol. The van der Waals surface area contributed by atoms with E-state index < -0.39 is 0 Å². The summed E-state index contributed by atoms with van der Waals surface area (Å²) in [5, 5.41) is 4.23. The first kappa shape index (κ1) is 22.1. The molecule has 4 rings (SSSR count). The van der Waals surface area contributed by atoms with Gasteiger partial charge in [-0.25, -0.2) is 9.07 Å². The first-order valence-electron chi connectivity index (χ1n) is 10.3. The molecule has 8 heteroatoms. The lowest BCUT2D eigenvalue weighted by Crippen LogP contribution is -2.32. The molecule has 164 valence electrons. The number of benzene rings is 2. The number of rotatable bonds is 7. The molecule has 0 fully saturated rings. The fraction of sp³-hybridized carbons (Fsp3) is 0.348. The lowest BCUT2D eigenvalue weighted by Gasteiger charge is -2.27. The number of hydrogen-bond acceptors (Lipinski definition) is 3. The molecule has 1 aliphatic rings. The van der Waals surface area contributed by atoms with Crippen LogP contribution in [0.4, 0.5) is 4.39 Å². The van der Waals surface area contributed by atoms with Crippen LogP contribution in [-0.4, -0.2) is 34.4 Å². The van der Waals surface area contributed by atoms with Crippen LogP contribution < -0.4 is 10.9 Å². The molecular weight excluding hydrogens is 438 g/mol. The van der Waals surface area contributed by atoms with E-state index in [1.165, 1.54) is 12.1 Å². The van der Waals surface area contributed by atoms with Crippen molar-refractivity contribution in [1.29, 1.82) is 0 Å². The fourth-order valence-electron chi connectivity index (χ4n) is 4.18. The Balaban J connectivity index is 1.62. The highest BCUT2D eigenvalue weighted by Gasteiger charge is 2.26. The molecule has 3 aromatic rings. The summed E-state index contributed by atoms with van der Waals surface area (Å²) in [6, 6.07) is 12.2. The molecule has 0 bridgehead atoms. The van der Waals surface area contributed by atoms with Crippen molar-refractivity contribution in [3.8, 4) is 0 Å². The maximum absolute atomic E-state index is 13.7. The van der Waals surface area contributed by atoms with Gasteiger partial charge in [-0.1, -0.05) is 35.3 Å². The second kappa shape index (κ2) is 9.57. The van der Waals surface area contributed by atoms with E-state index in [-0.39, 0.29) is 11.4 Å². The second-order valence-electron chi connectivity index (χ2n) is 7.88. The minimum Gasteiger partial charge on any atom is -0.318 e. The molecule has 5 nitrogen and oxygen atoms in total. The summed E-state index contributed by atoms with van der Waals surface area (Å²) in [7, 11) is 1.91. The summed E-state index contributed by atoms with van der Waals surface area (Å²) in [6.07, 6.45) is 0.769. The fourth-order valence-corrected chi connectivity index (χ4v) is 4.55. The zero-order chi connectivity index (χ0) is 22.0. The van der Waals surface area contributed by atoms with E-state index in [1.807, 2.05) is 36.0 Å². The van der Waals surface area contributed by atoms with Crippen LogP contribution in [0.2, 0.25) is 10.0 Å². The number of fused-ring (bicyclic) bond motifs is 1. The van der Waals surface area contributed by atoms with Crippen LogP contribution >= 0.6 is 23.2 Å². The largest absolute Gasteiger partial charge is 0.318 e. The molecule has 0 atom stereocenters. The first-order chi connectivity index (χ1) is 14.9. The molecule has 31 heavy (non-hydrogen) atoms. The summed E-state index contributed by atoms with van der Waals surface area (Å²) in [6.45, 7) is 3.86.